The Morgan fingerprint density at radius 3 is 2.55 bits per heavy atom. The molecule has 1 aliphatic rings. The molecular formula is C23H22N6O2. The maximum Gasteiger partial charge on any atom is 0.254 e. The molecule has 0 radical (unpaired) electrons. The van der Waals surface area contributed by atoms with Crippen LogP contribution < -0.4 is 5.32 Å². The van der Waals surface area contributed by atoms with Gasteiger partial charge in [0, 0.05) is 47.8 Å². The highest BCUT2D eigenvalue weighted by Gasteiger charge is 2.18. The number of nitrogens with one attached hydrogen (secondary N) is 1. The van der Waals surface area contributed by atoms with Crippen LogP contribution in [0.2, 0.25) is 0 Å². The molecule has 1 N–H and O–H groups in total. The van der Waals surface area contributed by atoms with Crippen molar-refractivity contribution in [3.8, 4) is 5.69 Å². The number of carbonyl (C=O) groups is 1. The van der Waals surface area contributed by atoms with Gasteiger partial charge in [0.15, 0.2) is 0 Å². The standard InChI is InChI=1S/C23H22N6O2/c1-16-2-5-19(15-24-16)26-23-25-14-18-8-9-29(21(18)27-23)20-6-3-17(4-7-20)22(30)28-10-12-31-13-11-28/h2-9,14-15H,10-13H2,1H3,(H,25,26,27). The zero-order valence-electron chi connectivity index (χ0n) is 17.2. The highest BCUT2D eigenvalue weighted by molar-refractivity contribution is 5.94. The number of morpholine rings is 1. The number of hydrogen-bond acceptors (Lipinski definition) is 6. The van der Waals surface area contributed by atoms with Crippen LogP contribution in [0.4, 0.5) is 11.6 Å². The van der Waals surface area contributed by atoms with Gasteiger partial charge in [0.1, 0.15) is 5.65 Å². The minimum absolute atomic E-state index is 0.0349. The minimum Gasteiger partial charge on any atom is -0.378 e. The Hall–Kier alpha value is -3.78. The molecule has 0 spiro atoms. The molecule has 4 heterocycles. The van der Waals surface area contributed by atoms with Crippen LogP contribution in [-0.2, 0) is 4.74 Å². The van der Waals surface area contributed by atoms with Crippen LogP contribution >= 0.6 is 0 Å². The van der Waals surface area contributed by atoms with Gasteiger partial charge in [-0.15, -0.1) is 0 Å². The molecule has 8 heteroatoms. The molecule has 0 bridgehead atoms. The Bertz CT molecular complexity index is 1210. The smallest absolute Gasteiger partial charge is 0.254 e. The van der Waals surface area contributed by atoms with E-state index in [4.69, 9.17) is 4.74 Å². The molecule has 1 amide bonds. The highest BCUT2D eigenvalue weighted by atomic mass is 16.5. The number of benzene rings is 1. The first kappa shape index (κ1) is 19.2. The van der Waals surface area contributed by atoms with Crippen LogP contribution in [0.15, 0.2) is 61.1 Å². The van der Waals surface area contributed by atoms with E-state index < -0.39 is 0 Å². The number of aryl methyl sites for hydroxylation is 1. The van der Waals surface area contributed by atoms with Crippen molar-refractivity contribution < 1.29 is 9.53 Å². The Labute approximate surface area is 179 Å². The molecule has 1 aromatic carbocycles. The molecule has 0 unspecified atom stereocenters. The maximum atomic E-state index is 12.7. The third kappa shape index (κ3) is 3.97. The summed E-state index contributed by atoms with van der Waals surface area (Å²) in [6, 6.07) is 13.4. The summed E-state index contributed by atoms with van der Waals surface area (Å²) >= 11 is 0. The van der Waals surface area contributed by atoms with Gasteiger partial charge in [0.25, 0.3) is 5.91 Å². The second-order valence-corrected chi connectivity index (χ2v) is 7.42. The molecule has 3 aromatic heterocycles. The normalized spacial score (nSPS) is 14.0. The molecule has 0 saturated carbocycles. The summed E-state index contributed by atoms with van der Waals surface area (Å²) in [5.74, 6) is 0.532. The topological polar surface area (TPSA) is 85.2 Å². The molecule has 1 aliphatic heterocycles. The van der Waals surface area contributed by atoms with E-state index in [9.17, 15) is 4.79 Å². The predicted octanol–water partition coefficient (Wildman–Crippen LogP) is 3.34. The summed E-state index contributed by atoms with van der Waals surface area (Å²) in [5.41, 5.74) is 4.16. The van der Waals surface area contributed by atoms with Gasteiger partial charge in [0.05, 0.1) is 25.1 Å². The van der Waals surface area contributed by atoms with Crippen LogP contribution in [0.1, 0.15) is 16.1 Å². The number of ether oxygens (including phenoxy) is 1. The van der Waals surface area contributed by atoms with Crippen LogP contribution in [0.3, 0.4) is 0 Å². The fraction of sp³-hybridized carbons (Fsp3) is 0.217. The lowest BCUT2D eigenvalue weighted by Crippen LogP contribution is -2.40. The fourth-order valence-electron chi connectivity index (χ4n) is 3.57. The second kappa shape index (κ2) is 8.16. The quantitative estimate of drug-likeness (QED) is 0.551. The molecule has 31 heavy (non-hydrogen) atoms. The van der Waals surface area contributed by atoms with E-state index in [0.717, 1.165) is 28.1 Å². The summed E-state index contributed by atoms with van der Waals surface area (Å²) < 4.78 is 7.31. The summed E-state index contributed by atoms with van der Waals surface area (Å²) in [4.78, 5) is 27.9. The monoisotopic (exact) mass is 414 g/mol. The third-order valence-electron chi connectivity index (χ3n) is 5.29. The minimum atomic E-state index is 0.0349. The van der Waals surface area contributed by atoms with Crippen LogP contribution in [0.25, 0.3) is 16.7 Å². The van der Waals surface area contributed by atoms with Crippen LogP contribution in [-0.4, -0.2) is 56.6 Å². The van der Waals surface area contributed by atoms with Crippen molar-refractivity contribution in [3.05, 3.63) is 72.3 Å². The van der Waals surface area contributed by atoms with Gasteiger partial charge in [0.2, 0.25) is 5.95 Å². The number of nitrogens with zero attached hydrogens (tertiary/aromatic N) is 5. The van der Waals surface area contributed by atoms with Crippen molar-refractivity contribution in [2.45, 2.75) is 6.92 Å². The highest BCUT2D eigenvalue weighted by Crippen LogP contribution is 2.21. The molecule has 1 fully saturated rings. The van der Waals surface area contributed by atoms with Crippen molar-refractivity contribution in [1.82, 2.24) is 24.4 Å². The van der Waals surface area contributed by atoms with Crippen molar-refractivity contribution >= 4 is 28.6 Å². The van der Waals surface area contributed by atoms with E-state index in [-0.39, 0.29) is 5.91 Å². The van der Waals surface area contributed by atoms with Gasteiger partial charge in [-0.2, -0.15) is 4.98 Å². The van der Waals surface area contributed by atoms with Crippen LogP contribution in [0, 0.1) is 6.92 Å². The number of aromatic nitrogens is 4. The Balaban J connectivity index is 1.40. The number of pyridine rings is 1. The molecule has 1 saturated heterocycles. The molecule has 4 aromatic rings. The van der Waals surface area contributed by atoms with Gasteiger partial charge in [-0.25, -0.2) is 4.98 Å². The van der Waals surface area contributed by atoms with E-state index >= 15 is 0 Å². The first-order chi connectivity index (χ1) is 15.2. The number of hydrogen-bond donors (Lipinski definition) is 1. The van der Waals surface area contributed by atoms with E-state index in [1.54, 1.807) is 12.4 Å². The summed E-state index contributed by atoms with van der Waals surface area (Å²) in [5, 5.41) is 4.13. The average molecular weight is 414 g/mol. The Morgan fingerprint density at radius 1 is 1.00 bits per heavy atom. The lowest BCUT2D eigenvalue weighted by molar-refractivity contribution is 0.0303. The molecule has 5 rings (SSSR count). The van der Waals surface area contributed by atoms with Gasteiger partial charge in [-0.3, -0.25) is 9.78 Å². The number of anilines is 2. The van der Waals surface area contributed by atoms with Crippen LogP contribution in [0.5, 0.6) is 0 Å². The maximum absolute atomic E-state index is 12.7. The molecule has 8 nitrogen and oxygen atoms in total. The lowest BCUT2D eigenvalue weighted by Gasteiger charge is -2.26. The van der Waals surface area contributed by atoms with E-state index in [2.05, 4.69) is 20.3 Å². The first-order valence-electron chi connectivity index (χ1n) is 10.2. The summed E-state index contributed by atoms with van der Waals surface area (Å²) in [7, 11) is 0. The third-order valence-corrected chi connectivity index (χ3v) is 5.29. The lowest BCUT2D eigenvalue weighted by atomic mass is 10.1. The Kier molecular flexibility index (Phi) is 5.05. The predicted molar refractivity (Wildman–Crippen MR) is 118 cm³/mol. The average Bonchev–Trinajstić information content (AvgIpc) is 3.24. The second-order valence-electron chi connectivity index (χ2n) is 7.42. The largest absolute Gasteiger partial charge is 0.378 e. The summed E-state index contributed by atoms with van der Waals surface area (Å²) in [6.45, 7) is 4.39. The SMILES string of the molecule is Cc1ccc(Nc2ncc3ccn(-c4ccc(C(=O)N5CCOCC5)cc4)c3n2)cn1. The van der Waals surface area contributed by atoms with E-state index in [1.165, 1.54) is 0 Å². The van der Waals surface area contributed by atoms with Crippen molar-refractivity contribution in [2.24, 2.45) is 0 Å². The van der Waals surface area contributed by atoms with Gasteiger partial charge >= 0.3 is 0 Å². The number of fused-ring (bicyclic) bond motifs is 1. The zero-order valence-corrected chi connectivity index (χ0v) is 17.2. The van der Waals surface area contributed by atoms with Crippen molar-refractivity contribution in [2.75, 3.05) is 31.6 Å². The van der Waals surface area contributed by atoms with Gasteiger partial charge in [-0.05, 0) is 49.4 Å². The summed E-state index contributed by atoms with van der Waals surface area (Å²) in [6.07, 6.45) is 5.50. The number of rotatable bonds is 4. The van der Waals surface area contributed by atoms with Crippen molar-refractivity contribution in [1.29, 1.82) is 0 Å². The van der Waals surface area contributed by atoms with E-state index in [1.807, 2.05) is 65.1 Å². The first-order valence-corrected chi connectivity index (χ1v) is 10.2. The Morgan fingerprint density at radius 2 is 1.81 bits per heavy atom. The molecule has 0 aliphatic carbocycles. The molecule has 0 atom stereocenters. The molecule has 156 valence electrons. The number of amides is 1. The molecular weight excluding hydrogens is 392 g/mol. The number of carbonyl (C=O) groups excluding carboxylic acids is 1. The fourth-order valence-corrected chi connectivity index (χ4v) is 3.57. The van der Waals surface area contributed by atoms with E-state index in [0.29, 0.717) is 37.8 Å². The van der Waals surface area contributed by atoms with Crippen molar-refractivity contribution in [3.63, 3.8) is 0 Å². The van der Waals surface area contributed by atoms with Gasteiger partial charge in [-0.1, -0.05) is 0 Å². The van der Waals surface area contributed by atoms with Gasteiger partial charge < -0.3 is 19.5 Å². The zero-order chi connectivity index (χ0) is 21.2.